The molecular formula is C31H39N3O5. The third-order valence-electron chi connectivity index (χ3n) is 9.29. The fourth-order valence-corrected chi connectivity index (χ4v) is 7.33. The number of hydrogen-bond donors (Lipinski definition) is 2. The van der Waals surface area contributed by atoms with Crippen molar-refractivity contribution < 1.29 is 23.9 Å². The zero-order chi connectivity index (χ0) is 27.0. The number of anilines is 1. The molecule has 0 radical (unpaired) electrons. The van der Waals surface area contributed by atoms with Gasteiger partial charge in [0.15, 0.2) is 0 Å². The highest BCUT2D eigenvalue weighted by molar-refractivity contribution is 6.02. The maximum Gasteiger partial charge on any atom is 0.246 e. The molecule has 2 saturated heterocycles. The van der Waals surface area contributed by atoms with Crippen LogP contribution in [0.2, 0.25) is 0 Å². The van der Waals surface area contributed by atoms with Crippen LogP contribution in [-0.4, -0.2) is 60.1 Å². The van der Waals surface area contributed by atoms with Crippen molar-refractivity contribution in [3.8, 4) is 5.75 Å². The Morgan fingerprint density at radius 1 is 1.08 bits per heavy atom. The van der Waals surface area contributed by atoms with Gasteiger partial charge in [0.25, 0.3) is 0 Å². The van der Waals surface area contributed by atoms with E-state index in [1.54, 1.807) is 36.3 Å². The average Bonchev–Trinajstić information content (AvgIpc) is 3.60. The van der Waals surface area contributed by atoms with E-state index < -0.39 is 29.6 Å². The molecule has 1 spiro atoms. The maximum atomic E-state index is 14.1. The number of allylic oxidation sites excluding steroid dienone is 1. The predicted molar refractivity (Wildman–Crippen MR) is 147 cm³/mol. The lowest BCUT2D eigenvalue weighted by Gasteiger charge is -2.34. The molecule has 0 aromatic heterocycles. The molecule has 3 amide bonds. The first kappa shape index (κ1) is 26.1. The summed E-state index contributed by atoms with van der Waals surface area (Å²) in [7, 11) is 1.59. The summed E-state index contributed by atoms with van der Waals surface area (Å²) in [4.78, 5) is 43.4. The van der Waals surface area contributed by atoms with E-state index in [0.29, 0.717) is 18.0 Å². The minimum Gasteiger partial charge on any atom is -0.497 e. The van der Waals surface area contributed by atoms with Crippen molar-refractivity contribution in [3.05, 3.63) is 48.1 Å². The van der Waals surface area contributed by atoms with Gasteiger partial charge < -0.3 is 25.0 Å². The van der Waals surface area contributed by atoms with E-state index in [4.69, 9.17) is 9.47 Å². The highest BCUT2D eigenvalue weighted by Crippen LogP contribution is 2.55. The van der Waals surface area contributed by atoms with Crippen LogP contribution in [0.25, 0.3) is 0 Å². The summed E-state index contributed by atoms with van der Waals surface area (Å²) in [6.07, 6.45) is 16.1. The Morgan fingerprint density at radius 3 is 2.59 bits per heavy atom. The molecular weight excluding hydrogens is 494 g/mol. The third-order valence-corrected chi connectivity index (χ3v) is 9.29. The molecule has 3 aliphatic heterocycles. The molecule has 3 heterocycles. The Labute approximate surface area is 230 Å². The van der Waals surface area contributed by atoms with E-state index in [0.717, 1.165) is 44.9 Å². The van der Waals surface area contributed by atoms with Gasteiger partial charge in [0, 0.05) is 18.3 Å². The predicted octanol–water partition coefficient (Wildman–Crippen LogP) is 4.12. The normalized spacial score (nSPS) is 31.7. The molecule has 2 aliphatic carbocycles. The van der Waals surface area contributed by atoms with Crippen LogP contribution in [0.1, 0.15) is 64.2 Å². The lowest BCUT2D eigenvalue weighted by molar-refractivity contribution is -0.141. The molecule has 8 heteroatoms. The smallest absolute Gasteiger partial charge is 0.246 e. The summed E-state index contributed by atoms with van der Waals surface area (Å²) < 4.78 is 11.7. The Bertz CT molecular complexity index is 1170. The molecule has 1 saturated carbocycles. The zero-order valence-corrected chi connectivity index (χ0v) is 22.7. The number of carbonyl (C=O) groups excluding carboxylic acids is 3. The van der Waals surface area contributed by atoms with Gasteiger partial charge in [0.05, 0.1) is 25.0 Å². The number of nitrogens with zero attached hydrogens (tertiary/aromatic N) is 1. The van der Waals surface area contributed by atoms with Crippen LogP contribution in [-0.2, 0) is 19.1 Å². The van der Waals surface area contributed by atoms with Gasteiger partial charge in [-0.15, -0.1) is 0 Å². The quantitative estimate of drug-likeness (QED) is 0.490. The number of methoxy groups -OCH3 is 1. The number of benzene rings is 1. The van der Waals surface area contributed by atoms with Gasteiger partial charge in [-0.05, 0) is 69.2 Å². The Balaban J connectivity index is 1.26. The molecule has 6 rings (SSSR count). The molecule has 5 unspecified atom stereocenters. The van der Waals surface area contributed by atoms with Gasteiger partial charge in [0.1, 0.15) is 17.4 Å². The molecule has 208 valence electrons. The van der Waals surface area contributed by atoms with E-state index >= 15 is 0 Å². The topological polar surface area (TPSA) is 97.0 Å². The lowest BCUT2D eigenvalue weighted by atomic mass is 9.74. The highest BCUT2D eigenvalue weighted by atomic mass is 16.5. The monoisotopic (exact) mass is 533 g/mol. The van der Waals surface area contributed by atoms with Crippen molar-refractivity contribution in [1.29, 1.82) is 0 Å². The van der Waals surface area contributed by atoms with Crippen molar-refractivity contribution in [2.75, 3.05) is 19.0 Å². The molecule has 8 nitrogen and oxygen atoms in total. The minimum absolute atomic E-state index is 0.122. The molecule has 1 aromatic carbocycles. The van der Waals surface area contributed by atoms with E-state index in [2.05, 4.69) is 16.7 Å². The van der Waals surface area contributed by atoms with Crippen molar-refractivity contribution in [1.82, 2.24) is 10.2 Å². The standard InChI is InChI=1S/C31H39N3O5/c1-38-23-14-12-22(13-15-23)32-28(35)25-24-16-18-31(39-24)26(25)30(37)34(19-17-20-8-4-2-5-9-20)27(31)29(36)33-21-10-6-3-7-11-21/h8,12-16,18,21,24-27H,2-7,9-11,17,19H2,1H3,(H,32,35)(H,33,36). The second kappa shape index (κ2) is 10.8. The van der Waals surface area contributed by atoms with Gasteiger partial charge in [-0.1, -0.05) is 43.1 Å². The molecule has 3 fully saturated rings. The van der Waals surface area contributed by atoms with E-state index in [9.17, 15) is 14.4 Å². The van der Waals surface area contributed by atoms with E-state index in [-0.39, 0.29) is 23.8 Å². The fourth-order valence-electron chi connectivity index (χ4n) is 7.33. The highest BCUT2D eigenvalue weighted by Gasteiger charge is 2.72. The summed E-state index contributed by atoms with van der Waals surface area (Å²) in [6, 6.07) is 6.46. The fraction of sp³-hybridized carbons (Fsp3) is 0.581. The van der Waals surface area contributed by atoms with Crippen LogP contribution in [0, 0.1) is 11.8 Å². The third kappa shape index (κ3) is 4.77. The molecule has 2 bridgehead atoms. The second-order valence-electron chi connectivity index (χ2n) is 11.7. The molecule has 1 aromatic rings. The number of likely N-dealkylation sites (tertiary alicyclic amines) is 1. The van der Waals surface area contributed by atoms with Crippen molar-refractivity contribution in [2.45, 2.75) is 88.0 Å². The van der Waals surface area contributed by atoms with Gasteiger partial charge in [-0.2, -0.15) is 0 Å². The largest absolute Gasteiger partial charge is 0.497 e. The minimum atomic E-state index is -1.12. The number of fused-ring (bicyclic) bond motifs is 1. The van der Waals surface area contributed by atoms with Crippen molar-refractivity contribution in [2.24, 2.45) is 11.8 Å². The number of nitrogens with one attached hydrogen (secondary N) is 2. The molecule has 5 aliphatic rings. The second-order valence-corrected chi connectivity index (χ2v) is 11.7. The lowest BCUT2D eigenvalue weighted by Crippen LogP contribution is -2.56. The first-order chi connectivity index (χ1) is 19.0. The SMILES string of the molecule is COc1ccc(NC(=O)C2C3C=CC4(O3)C2C(=O)N(CCC2=CCCCC2)C4C(=O)NC2CCCCC2)cc1. The van der Waals surface area contributed by atoms with Crippen LogP contribution in [0.4, 0.5) is 5.69 Å². The first-order valence-electron chi connectivity index (χ1n) is 14.6. The molecule has 2 N–H and O–H groups in total. The summed E-state index contributed by atoms with van der Waals surface area (Å²) >= 11 is 0. The zero-order valence-electron chi connectivity index (χ0n) is 22.7. The van der Waals surface area contributed by atoms with Gasteiger partial charge in [-0.3, -0.25) is 14.4 Å². The maximum absolute atomic E-state index is 14.1. The van der Waals surface area contributed by atoms with Crippen LogP contribution in [0.5, 0.6) is 5.75 Å². The Hall–Kier alpha value is -3.13. The average molecular weight is 534 g/mol. The van der Waals surface area contributed by atoms with Gasteiger partial charge in [-0.25, -0.2) is 0 Å². The Kier molecular flexibility index (Phi) is 7.23. The summed E-state index contributed by atoms with van der Waals surface area (Å²) in [6.45, 7) is 0.459. The molecule has 39 heavy (non-hydrogen) atoms. The van der Waals surface area contributed by atoms with E-state index in [1.807, 2.05) is 12.2 Å². The summed E-state index contributed by atoms with van der Waals surface area (Å²) in [5.41, 5.74) is 0.855. The number of amides is 3. The van der Waals surface area contributed by atoms with Crippen molar-refractivity contribution >= 4 is 23.4 Å². The van der Waals surface area contributed by atoms with Crippen LogP contribution in [0.15, 0.2) is 48.1 Å². The van der Waals surface area contributed by atoms with Crippen LogP contribution in [0.3, 0.4) is 0 Å². The summed E-state index contributed by atoms with van der Waals surface area (Å²) in [5.74, 6) is -1.31. The Morgan fingerprint density at radius 2 is 1.87 bits per heavy atom. The van der Waals surface area contributed by atoms with Gasteiger partial charge >= 0.3 is 0 Å². The van der Waals surface area contributed by atoms with Crippen LogP contribution >= 0.6 is 0 Å². The van der Waals surface area contributed by atoms with Gasteiger partial charge in [0.2, 0.25) is 17.7 Å². The molecule has 5 atom stereocenters. The summed E-state index contributed by atoms with van der Waals surface area (Å²) in [5, 5.41) is 6.23. The number of hydrogen-bond acceptors (Lipinski definition) is 5. The first-order valence-corrected chi connectivity index (χ1v) is 14.6. The number of rotatable bonds is 8. The number of carbonyl (C=O) groups is 3. The number of ether oxygens (including phenoxy) is 2. The van der Waals surface area contributed by atoms with E-state index in [1.165, 1.54) is 24.8 Å². The van der Waals surface area contributed by atoms with Crippen molar-refractivity contribution in [3.63, 3.8) is 0 Å². The van der Waals surface area contributed by atoms with Crippen LogP contribution < -0.4 is 15.4 Å².